The molecule has 5 heteroatoms. The lowest BCUT2D eigenvalue weighted by Crippen LogP contribution is -2.31. The van der Waals surface area contributed by atoms with Crippen LogP contribution >= 0.6 is 11.3 Å². The van der Waals surface area contributed by atoms with Crippen LogP contribution in [0.1, 0.15) is 25.2 Å². The number of hydrogen-bond acceptors (Lipinski definition) is 4. The summed E-state index contributed by atoms with van der Waals surface area (Å²) in [6, 6.07) is 0. The van der Waals surface area contributed by atoms with E-state index in [0.29, 0.717) is 0 Å². The average molecular weight is 236 g/mol. The van der Waals surface area contributed by atoms with Crippen LogP contribution in [0, 0.1) is 0 Å². The minimum absolute atomic E-state index is 0.349. The largest absolute Gasteiger partial charge is 0.333 e. The number of nitrogens with two attached hydrogens (primary N) is 1. The first kappa shape index (κ1) is 11.3. The highest BCUT2D eigenvalue weighted by Crippen LogP contribution is 2.16. The topological polar surface area (TPSA) is 56.7 Å². The van der Waals surface area contributed by atoms with E-state index in [2.05, 4.69) is 19.9 Å². The number of imidazole rings is 1. The Kier molecular flexibility index (Phi) is 3.07. The summed E-state index contributed by atoms with van der Waals surface area (Å²) in [6.45, 7) is 4.85. The van der Waals surface area contributed by atoms with Gasteiger partial charge in [0.1, 0.15) is 0 Å². The molecule has 0 fully saturated rings. The fourth-order valence-corrected chi connectivity index (χ4v) is 2.22. The van der Waals surface area contributed by atoms with Crippen molar-refractivity contribution in [1.82, 2.24) is 14.5 Å². The maximum absolute atomic E-state index is 6.08. The predicted octanol–water partition coefficient (Wildman–Crippen LogP) is 1.78. The van der Waals surface area contributed by atoms with Crippen LogP contribution in [0.15, 0.2) is 23.4 Å². The lowest BCUT2D eigenvalue weighted by atomic mass is 10.0. The van der Waals surface area contributed by atoms with Crippen LogP contribution < -0.4 is 5.73 Å². The van der Waals surface area contributed by atoms with E-state index in [1.807, 2.05) is 31.9 Å². The Bertz CT molecular complexity index is 439. The van der Waals surface area contributed by atoms with Gasteiger partial charge in [-0.15, -0.1) is 11.3 Å². The standard InChI is InChI=1S/C11H16N4S/c1-11(2,12)10-5-13-7-15(10)4-3-9-6-16-8-14-9/h5-8H,3-4,12H2,1-2H3. The van der Waals surface area contributed by atoms with Gasteiger partial charge in [0.05, 0.1) is 28.8 Å². The molecule has 2 heterocycles. The van der Waals surface area contributed by atoms with E-state index in [0.717, 1.165) is 24.4 Å². The lowest BCUT2D eigenvalue weighted by Gasteiger charge is -2.20. The molecule has 16 heavy (non-hydrogen) atoms. The van der Waals surface area contributed by atoms with Crippen LogP contribution in [0.25, 0.3) is 0 Å². The van der Waals surface area contributed by atoms with E-state index in [-0.39, 0.29) is 5.54 Å². The molecule has 0 aliphatic heterocycles. The molecule has 0 saturated heterocycles. The molecule has 0 aliphatic rings. The number of nitrogens with zero attached hydrogens (tertiary/aromatic N) is 3. The number of rotatable bonds is 4. The van der Waals surface area contributed by atoms with E-state index in [4.69, 9.17) is 5.73 Å². The number of hydrogen-bond donors (Lipinski definition) is 1. The van der Waals surface area contributed by atoms with Gasteiger partial charge in [-0.1, -0.05) is 0 Å². The zero-order chi connectivity index (χ0) is 11.6. The molecule has 2 N–H and O–H groups in total. The monoisotopic (exact) mass is 236 g/mol. The minimum Gasteiger partial charge on any atom is -0.333 e. The van der Waals surface area contributed by atoms with Crippen molar-refractivity contribution in [2.24, 2.45) is 5.73 Å². The summed E-state index contributed by atoms with van der Waals surface area (Å²) in [7, 11) is 0. The van der Waals surface area contributed by atoms with Crippen molar-refractivity contribution in [3.05, 3.63) is 34.8 Å². The fourth-order valence-electron chi connectivity index (χ4n) is 1.63. The summed E-state index contributed by atoms with van der Waals surface area (Å²) >= 11 is 1.63. The van der Waals surface area contributed by atoms with E-state index in [1.165, 1.54) is 0 Å². The first-order valence-corrected chi connectivity index (χ1v) is 6.18. The van der Waals surface area contributed by atoms with Crippen molar-refractivity contribution in [2.45, 2.75) is 32.4 Å². The minimum atomic E-state index is -0.349. The first-order valence-electron chi connectivity index (χ1n) is 5.24. The van der Waals surface area contributed by atoms with Gasteiger partial charge < -0.3 is 10.3 Å². The van der Waals surface area contributed by atoms with E-state index >= 15 is 0 Å². The Hall–Kier alpha value is -1.20. The smallest absolute Gasteiger partial charge is 0.0948 e. The second kappa shape index (κ2) is 4.35. The molecule has 0 aliphatic carbocycles. The highest BCUT2D eigenvalue weighted by molar-refractivity contribution is 7.07. The van der Waals surface area contributed by atoms with Gasteiger partial charge in [-0.2, -0.15) is 0 Å². The van der Waals surface area contributed by atoms with Crippen LogP contribution in [0.5, 0.6) is 0 Å². The summed E-state index contributed by atoms with van der Waals surface area (Å²) in [6.07, 6.45) is 4.58. The van der Waals surface area contributed by atoms with Gasteiger partial charge >= 0.3 is 0 Å². The molecule has 0 spiro atoms. The van der Waals surface area contributed by atoms with E-state index < -0.39 is 0 Å². The predicted molar refractivity (Wildman–Crippen MR) is 65.3 cm³/mol. The zero-order valence-corrected chi connectivity index (χ0v) is 10.4. The van der Waals surface area contributed by atoms with Crippen LogP contribution in [0.2, 0.25) is 0 Å². The third kappa shape index (κ3) is 2.48. The van der Waals surface area contributed by atoms with Gasteiger partial charge in [0.15, 0.2) is 0 Å². The van der Waals surface area contributed by atoms with Gasteiger partial charge in [-0.3, -0.25) is 0 Å². The molecule has 0 saturated carbocycles. The summed E-state index contributed by atoms with van der Waals surface area (Å²) in [5.74, 6) is 0. The van der Waals surface area contributed by atoms with Crippen LogP contribution in [0.3, 0.4) is 0 Å². The van der Waals surface area contributed by atoms with Crippen LogP contribution in [-0.4, -0.2) is 14.5 Å². The SMILES string of the molecule is CC(C)(N)c1cncn1CCc1cscn1. The van der Waals surface area contributed by atoms with Crippen molar-refractivity contribution >= 4 is 11.3 Å². The normalized spacial score (nSPS) is 11.9. The van der Waals surface area contributed by atoms with Gasteiger partial charge in [-0.05, 0) is 13.8 Å². The molecular weight excluding hydrogens is 220 g/mol. The molecule has 2 rings (SSSR count). The van der Waals surface area contributed by atoms with E-state index in [9.17, 15) is 0 Å². The molecule has 0 bridgehead atoms. The van der Waals surface area contributed by atoms with Crippen LogP contribution in [0.4, 0.5) is 0 Å². The summed E-state index contributed by atoms with van der Waals surface area (Å²) in [5.41, 5.74) is 9.77. The van der Waals surface area contributed by atoms with Gasteiger partial charge in [-0.25, -0.2) is 9.97 Å². The Morgan fingerprint density at radius 1 is 1.50 bits per heavy atom. The Balaban J connectivity index is 2.08. The second-order valence-electron chi connectivity index (χ2n) is 4.42. The molecule has 2 aromatic rings. The quantitative estimate of drug-likeness (QED) is 0.880. The third-order valence-corrected chi connectivity index (χ3v) is 3.10. The molecule has 86 valence electrons. The highest BCUT2D eigenvalue weighted by atomic mass is 32.1. The maximum Gasteiger partial charge on any atom is 0.0948 e. The van der Waals surface area contributed by atoms with Crippen LogP contribution in [-0.2, 0) is 18.5 Å². The number of aromatic nitrogens is 3. The maximum atomic E-state index is 6.08. The first-order chi connectivity index (χ1) is 7.57. The molecule has 2 aromatic heterocycles. The van der Waals surface area contributed by atoms with E-state index in [1.54, 1.807) is 11.3 Å². The lowest BCUT2D eigenvalue weighted by molar-refractivity contribution is 0.491. The van der Waals surface area contributed by atoms with Crippen molar-refractivity contribution in [3.8, 4) is 0 Å². The molecule has 4 nitrogen and oxygen atoms in total. The van der Waals surface area contributed by atoms with Crippen molar-refractivity contribution < 1.29 is 0 Å². The summed E-state index contributed by atoms with van der Waals surface area (Å²) in [4.78, 5) is 8.41. The van der Waals surface area contributed by atoms with Gasteiger partial charge in [0.25, 0.3) is 0 Å². The number of aryl methyl sites for hydroxylation is 2. The Labute approximate surface area is 99.2 Å². The van der Waals surface area contributed by atoms with Crippen molar-refractivity contribution in [3.63, 3.8) is 0 Å². The molecule has 0 amide bonds. The van der Waals surface area contributed by atoms with Crippen molar-refractivity contribution in [2.75, 3.05) is 0 Å². The number of thiazole rings is 1. The van der Waals surface area contributed by atoms with Gasteiger partial charge in [0.2, 0.25) is 0 Å². The van der Waals surface area contributed by atoms with Gasteiger partial charge in [0, 0.05) is 24.5 Å². The summed E-state index contributed by atoms with van der Waals surface area (Å²) in [5, 5.41) is 2.07. The Morgan fingerprint density at radius 3 is 2.94 bits per heavy atom. The molecule has 0 aromatic carbocycles. The molecule has 0 atom stereocenters. The average Bonchev–Trinajstić information content (AvgIpc) is 2.85. The second-order valence-corrected chi connectivity index (χ2v) is 5.14. The fraction of sp³-hybridized carbons (Fsp3) is 0.455. The molecule has 0 unspecified atom stereocenters. The Morgan fingerprint density at radius 2 is 2.31 bits per heavy atom. The molecular formula is C11H16N4S. The third-order valence-electron chi connectivity index (χ3n) is 2.46. The van der Waals surface area contributed by atoms with Crippen molar-refractivity contribution in [1.29, 1.82) is 0 Å². The zero-order valence-electron chi connectivity index (χ0n) is 9.55. The summed E-state index contributed by atoms with van der Waals surface area (Å²) < 4.78 is 2.10. The highest BCUT2D eigenvalue weighted by Gasteiger charge is 2.18. The molecule has 0 radical (unpaired) electrons.